The highest BCUT2D eigenvalue weighted by Gasteiger charge is 2.20. The average Bonchev–Trinajstić information content (AvgIpc) is 3.61. The van der Waals surface area contributed by atoms with E-state index in [1.165, 1.54) is 55.4 Å². The third-order valence-corrected chi connectivity index (χ3v) is 7.87. The van der Waals surface area contributed by atoms with Crippen LogP contribution in [0.25, 0.3) is 16.6 Å². The van der Waals surface area contributed by atoms with Gasteiger partial charge in [0.15, 0.2) is 23.1 Å². The van der Waals surface area contributed by atoms with Crippen LogP contribution in [0.2, 0.25) is 0 Å². The molecule has 248 valence electrons. The number of aromatic nitrogens is 3. The fourth-order valence-corrected chi connectivity index (χ4v) is 5.44. The predicted octanol–water partition coefficient (Wildman–Crippen LogP) is 5.34. The number of carbonyl (C=O) groups excluding carboxylic acids is 1. The summed E-state index contributed by atoms with van der Waals surface area (Å²) in [4.78, 5) is 46.1. The van der Waals surface area contributed by atoms with Crippen LogP contribution in [0, 0.1) is 11.6 Å². The maximum Gasteiger partial charge on any atom is 0.417 e. The molecule has 0 bridgehead atoms. The van der Waals surface area contributed by atoms with Crippen molar-refractivity contribution >= 4 is 22.7 Å². The summed E-state index contributed by atoms with van der Waals surface area (Å²) >= 11 is 0. The summed E-state index contributed by atoms with van der Waals surface area (Å²) in [6.07, 6.45) is 3.68. The van der Waals surface area contributed by atoms with Gasteiger partial charge < -0.3 is 23.8 Å². The van der Waals surface area contributed by atoms with Gasteiger partial charge in [0.2, 0.25) is 5.75 Å². The van der Waals surface area contributed by atoms with Gasteiger partial charge in [-0.15, -0.1) is 0 Å². The van der Waals surface area contributed by atoms with Crippen LogP contribution in [0.3, 0.4) is 0 Å². The monoisotopic (exact) mass is 659 g/mol. The van der Waals surface area contributed by atoms with Gasteiger partial charge in [0.05, 0.1) is 31.6 Å². The second kappa shape index (κ2) is 13.9. The van der Waals surface area contributed by atoms with Crippen LogP contribution in [-0.4, -0.2) is 59.0 Å². The minimum atomic E-state index is -1.10. The van der Waals surface area contributed by atoms with Crippen LogP contribution >= 0.6 is 0 Å². The summed E-state index contributed by atoms with van der Waals surface area (Å²) in [5, 5.41) is 2.94. The zero-order valence-corrected chi connectivity index (χ0v) is 26.1. The molecule has 48 heavy (non-hydrogen) atoms. The number of benzene rings is 3. The summed E-state index contributed by atoms with van der Waals surface area (Å²) in [7, 11) is 2.99. The van der Waals surface area contributed by atoms with Gasteiger partial charge in [-0.1, -0.05) is 0 Å². The number of rotatable bonds is 10. The van der Waals surface area contributed by atoms with Crippen LogP contribution in [0.15, 0.2) is 82.6 Å². The molecule has 1 N–H and O–H groups in total. The summed E-state index contributed by atoms with van der Waals surface area (Å²) < 4.78 is 52.8. The van der Waals surface area contributed by atoms with E-state index < -0.39 is 34.7 Å². The Morgan fingerprint density at radius 2 is 1.58 bits per heavy atom. The molecule has 3 heterocycles. The Morgan fingerprint density at radius 1 is 0.854 bits per heavy atom. The van der Waals surface area contributed by atoms with Crippen molar-refractivity contribution in [2.24, 2.45) is 0 Å². The molecule has 0 atom stereocenters. The lowest BCUT2D eigenvalue weighted by atomic mass is 10.2. The molecule has 2 aromatic heterocycles. The number of nitrogens with one attached hydrogen (secondary N) is 1. The third-order valence-electron chi connectivity index (χ3n) is 7.87. The van der Waals surface area contributed by atoms with E-state index in [1.807, 2.05) is 0 Å². The van der Waals surface area contributed by atoms with E-state index >= 15 is 4.39 Å². The minimum Gasteiger partial charge on any atom is -0.493 e. The molecule has 14 heteroatoms. The number of likely N-dealkylation sites (tertiary alicyclic amines) is 1. The first-order chi connectivity index (χ1) is 23.2. The fourth-order valence-electron chi connectivity index (χ4n) is 5.44. The van der Waals surface area contributed by atoms with Crippen LogP contribution in [-0.2, 0) is 6.54 Å². The maximum atomic E-state index is 15.2. The van der Waals surface area contributed by atoms with Gasteiger partial charge in [0.25, 0.3) is 0 Å². The number of anilines is 1. The van der Waals surface area contributed by atoms with E-state index in [9.17, 15) is 18.8 Å². The second-order valence-electron chi connectivity index (χ2n) is 10.9. The molecule has 0 aliphatic carbocycles. The van der Waals surface area contributed by atoms with Crippen LogP contribution in [0.1, 0.15) is 12.8 Å². The topological polar surface area (TPSA) is 126 Å². The molecule has 12 nitrogen and oxygen atoms in total. The van der Waals surface area contributed by atoms with E-state index in [4.69, 9.17) is 18.9 Å². The smallest absolute Gasteiger partial charge is 0.417 e. The second-order valence-corrected chi connectivity index (χ2v) is 10.9. The van der Waals surface area contributed by atoms with Crippen molar-refractivity contribution in [2.45, 2.75) is 19.4 Å². The van der Waals surface area contributed by atoms with Crippen molar-refractivity contribution in [1.29, 1.82) is 0 Å². The summed E-state index contributed by atoms with van der Waals surface area (Å²) in [6, 6.07) is 13.4. The number of ether oxygens (including phenoxy) is 4. The molecule has 1 aliphatic heterocycles. The summed E-state index contributed by atoms with van der Waals surface area (Å²) in [5.41, 5.74) is -0.947. The van der Waals surface area contributed by atoms with Crippen molar-refractivity contribution in [2.75, 3.05) is 39.2 Å². The highest BCUT2D eigenvalue weighted by Crippen LogP contribution is 2.37. The lowest BCUT2D eigenvalue weighted by Crippen LogP contribution is -2.41. The number of methoxy groups -OCH3 is 2. The Bertz CT molecular complexity index is 2090. The van der Waals surface area contributed by atoms with Crippen molar-refractivity contribution in [3.8, 4) is 34.4 Å². The van der Waals surface area contributed by atoms with Gasteiger partial charge in [0.1, 0.15) is 11.6 Å². The number of fused-ring (bicyclic) bond motifs is 1. The van der Waals surface area contributed by atoms with Crippen molar-refractivity contribution in [3.63, 3.8) is 0 Å². The van der Waals surface area contributed by atoms with Crippen LogP contribution in [0.4, 0.5) is 19.3 Å². The number of amides is 1. The Labute approximate surface area is 272 Å². The zero-order valence-electron chi connectivity index (χ0n) is 26.1. The highest BCUT2D eigenvalue weighted by molar-refractivity contribution is 5.88. The molecule has 5 aromatic rings. The standard InChI is InChI=1S/C34H31F2N5O7/c1-45-29-18-24-26(19-30(29)46-2)37-12-11-27(24)47-28-10-7-22(17-25(28)36)38-33(43)48-31-20-40(16-15-39-13-3-4-14-39)34(44)41(32(31)42)23-8-5-21(35)6-9-23/h5-12,17-20H,3-4,13-16H2,1-2H3,(H,38,43). The van der Waals surface area contributed by atoms with Gasteiger partial charge in [-0.3, -0.25) is 19.7 Å². The number of carbonyl (C=O) groups is 1. The molecule has 0 radical (unpaired) electrons. The Balaban J connectivity index is 1.22. The summed E-state index contributed by atoms with van der Waals surface area (Å²) in [5.74, 6) is -0.721. The minimum absolute atomic E-state index is 0.0112. The molecule has 3 aromatic carbocycles. The molecule has 1 saturated heterocycles. The summed E-state index contributed by atoms with van der Waals surface area (Å²) in [6.45, 7) is 2.54. The van der Waals surface area contributed by atoms with Crippen molar-refractivity contribution in [3.05, 3.63) is 106 Å². The van der Waals surface area contributed by atoms with E-state index in [2.05, 4.69) is 15.2 Å². The van der Waals surface area contributed by atoms with E-state index in [0.717, 1.165) is 48.7 Å². The number of hydrogen-bond acceptors (Lipinski definition) is 9. The first-order valence-electron chi connectivity index (χ1n) is 15.1. The lowest BCUT2D eigenvalue weighted by Gasteiger charge is -2.17. The predicted molar refractivity (Wildman–Crippen MR) is 173 cm³/mol. The van der Waals surface area contributed by atoms with Crippen LogP contribution in [0.5, 0.6) is 28.7 Å². The number of nitrogens with zero attached hydrogens (tertiary/aromatic N) is 4. The lowest BCUT2D eigenvalue weighted by molar-refractivity contribution is 0.213. The molecule has 1 fully saturated rings. The number of hydrogen-bond donors (Lipinski definition) is 1. The Kier molecular flexibility index (Phi) is 9.34. The van der Waals surface area contributed by atoms with Gasteiger partial charge in [-0.05, 0) is 74.5 Å². The van der Waals surface area contributed by atoms with Gasteiger partial charge >= 0.3 is 17.3 Å². The molecular formula is C34H31F2N5O7. The van der Waals surface area contributed by atoms with E-state index in [0.29, 0.717) is 34.7 Å². The van der Waals surface area contributed by atoms with Gasteiger partial charge in [-0.2, -0.15) is 0 Å². The molecule has 1 aliphatic rings. The average molecular weight is 660 g/mol. The quantitative estimate of drug-likeness (QED) is 0.211. The first-order valence-corrected chi connectivity index (χ1v) is 15.1. The van der Waals surface area contributed by atoms with Crippen LogP contribution < -0.4 is 35.5 Å². The van der Waals surface area contributed by atoms with Gasteiger partial charge in [0, 0.05) is 42.5 Å². The van der Waals surface area contributed by atoms with Crippen molar-refractivity contribution < 1.29 is 32.5 Å². The SMILES string of the molecule is COc1cc2nccc(Oc3ccc(NC(=O)Oc4cn(CCN5CCCC5)c(=O)n(-c5ccc(F)cc5)c4=O)cc3F)c2cc1OC. The Hall–Kier alpha value is -5.76. The molecule has 1 amide bonds. The molecule has 6 rings (SSSR count). The highest BCUT2D eigenvalue weighted by atomic mass is 19.1. The maximum absolute atomic E-state index is 15.2. The largest absolute Gasteiger partial charge is 0.493 e. The third kappa shape index (κ3) is 6.83. The number of halogens is 2. The molecule has 0 saturated carbocycles. The Morgan fingerprint density at radius 3 is 2.29 bits per heavy atom. The number of pyridine rings is 1. The first kappa shape index (κ1) is 32.2. The molecule has 0 spiro atoms. The fraction of sp³-hybridized carbons (Fsp3) is 0.235. The van der Waals surface area contributed by atoms with Crippen molar-refractivity contribution in [1.82, 2.24) is 19.0 Å². The molecule has 0 unspecified atom stereocenters. The van der Waals surface area contributed by atoms with Gasteiger partial charge in [-0.25, -0.2) is 22.9 Å². The molecular weight excluding hydrogens is 628 g/mol. The normalized spacial score (nSPS) is 13.0. The zero-order chi connectivity index (χ0) is 33.8. The van der Waals surface area contributed by atoms with E-state index in [-0.39, 0.29) is 23.7 Å². The van der Waals surface area contributed by atoms with E-state index in [1.54, 1.807) is 18.2 Å².